The molecular weight excluding hydrogens is 428 g/mol. The Morgan fingerprint density at radius 2 is 1.97 bits per heavy atom. The first kappa shape index (κ1) is 27.0. The van der Waals surface area contributed by atoms with E-state index in [4.69, 9.17) is 0 Å². The molecule has 3 heteroatoms. The second kappa shape index (κ2) is 11.1. The van der Waals surface area contributed by atoms with Crippen molar-refractivity contribution in [3.63, 3.8) is 0 Å². The number of rotatable bonds is 10. The Hall–Kier alpha value is -1.06. The van der Waals surface area contributed by atoms with Crippen LogP contribution < -0.4 is 5.32 Å². The number of aliphatic hydroxyl groups is 1. The Labute approximate surface area is 216 Å². The molecular formula is C32H54N2O. The lowest BCUT2D eigenvalue weighted by molar-refractivity contribution is 0.123. The van der Waals surface area contributed by atoms with Crippen LogP contribution in [0.25, 0.3) is 0 Å². The molecule has 2 aliphatic carbocycles. The lowest BCUT2D eigenvalue weighted by Gasteiger charge is -2.49. The Bertz CT molecular complexity index is 814. The Balaban J connectivity index is 1.57. The SMILES string of the molecule is C=C(O)/C=C(/C)C[C@H](C)C(CC)NC1C(C2C3C(C)CC(C)CC3[C@@H]3CCCN23)=CC1C(C)CC. The lowest BCUT2D eigenvalue weighted by Crippen LogP contribution is -2.57. The van der Waals surface area contributed by atoms with Gasteiger partial charge in [-0.2, -0.15) is 0 Å². The summed E-state index contributed by atoms with van der Waals surface area (Å²) in [4.78, 5) is 2.97. The van der Waals surface area contributed by atoms with Crippen LogP contribution in [0.2, 0.25) is 0 Å². The van der Waals surface area contributed by atoms with Crippen LogP contribution in [0.5, 0.6) is 0 Å². The molecule has 198 valence electrons. The average Bonchev–Trinajstić information content (AvgIpc) is 3.35. The van der Waals surface area contributed by atoms with E-state index in [9.17, 15) is 5.11 Å². The number of aliphatic hydroxyl groups excluding tert-OH is 1. The third-order valence-corrected chi connectivity index (χ3v) is 10.5. The van der Waals surface area contributed by atoms with E-state index in [1.807, 2.05) is 6.08 Å². The first-order valence-electron chi connectivity index (χ1n) is 14.9. The molecule has 2 aliphatic heterocycles. The van der Waals surface area contributed by atoms with Gasteiger partial charge < -0.3 is 10.4 Å². The molecule has 3 fully saturated rings. The summed E-state index contributed by atoms with van der Waals surface area (Å²) in [5, 5.41) is 13.9. The molecule has 3 nitrogen and oxygen atoms in total. The summed E-state index contributed by atoms with van der Waals surface area (Å²) in [7, 11) is 0. The van der Waals surface area contributed by atoms with Crippen molar-refractivity contribution >= 4 is 0 Å². The van der Waals surface area contributed by atoms with Gasteiger partial charge in [-0.3, -0.25) is 4.90 Å². The maximum absolute atomic E-state index is 9.61. The molecule has 1 saturated carbocycles. The Kier molecular flexibility index (Phi) is 8.58. The fourth-order valence-corrected chi connectivity index (χ4v) is 8.83. The van der Waals surface area contributed by atoms with Gasteiger partial charge in [-0.25, -0.2) is 0 Å². The van der Waals surface area contributed by atoms with Gasteiger partial charge in [0.15, 0.2) is 0 Å². The van der Waals surface area contributed by atoms with Crippen LogP contribution in [0.1, 0.15) is 93.4 Å². The minimum atomic E-state index is 0.170. The first-order chi connectivity index (χ1) is 16.7. The fraction of sp³-hybridized carbons (Fsp3) is 0.812. The van der Waals surface area contributed by atoms with E-state index in [1.165, 1.54) is 44.2 Å². The minimum absolute atomic E-state index is 0.170. The van der Waals surface area contributed by atoms with E-state index in [0.717, 1.165) is 48.5 Å². The van der Waals surface area contributed by atoms with E-state index in [-0.39, 0.29) is 5.76 Å². The molecule has 0 aromatic rings. The van der Waals surface area contributed by atoms with Gasteiger partial charge in [0.25, 0.3) is 0 Å². The van der Waals surface area contributed by atoms with Gasteiger partial charge in [-0.05, 0) is 105 Å². The summed E-state index contributed by atoms with van der Waals surface area (Å²) in [6.07, 6.45) is 13.6. The maximum Gasteiger partial charge on any atom is 0.108 e. The monoisotopic (exact) mass is 482 g/mol. The number of nitrogens with one attached hydrogen (secondary N) is 1. The molecule has 0 spiro atoms. The predicted octanol–water partition coefficient (Wildman–Crippen LogP) is 7.51. The lowest BCUT2D eigenvalue weighted by atomic mass is 9.61. The van der Waals surface area contributed by atoms with Crippen molar-refractivity contribution in [3.05, 3.63) is 35.6 Å². The molecule has 0 amide bonds. The molecule has 0 aromatic carbocycles. The van der Waals surface area contributed by atoms with Gasteiger partial charge in [0.2, 0.25) is 0 Å². The van der Waals surface area contributed by atoms with Gasteiger partial charge in [0, 0.05) is 24.2 Å². The van der Waals surface area contributed by atoms with Crippen LogP contribution in [0.4, 0.5) is 0 Å². The molecule has 4 aliphatic rings. The standard InChI is InChI=1S/C32H54N2O/c1-9-21(5)25-18-27(31(25)33-28(10-2)22(6)14-19(3)16-24(8)35)32-30-23(7)15-20(4)17-26(30)29-12-11-13-34(29)32/h16,18,20-23,25-26,28-33,35H,8-15,17H2,1-7H3/b19-16-/t20?,21?,22-,23?,25?,26?,28?,29-,30?,31?,32?/m0/s1. The normalized spacial score (nSPS) is 39.9. The van der Waals surface area contributed by atoms with E-state index >= 15 is 0 Å². The average molecular weight is 483 g/mol. The number of fused-ring (bicyclic) bond motifs is 3. The zero-order valence-corrected chi connectivity index (χ0v) is 23.8. The summed E-state index contributed by atoms with van der Waals surface area (Å²) >= 11 is 0. The zero-order valence-electron chi connectivity index (χ0n) is 23.8. The van der Waals surface area contributed by atoms with Gasteiger partial charge >= 0.3 is 0 Å². The van der Waals surface area contributed by atoms with Crippen LogP contribution in [0, 0.1) is 41.4 Å². The van der Waals surface area contributed by atoms with Crippen LogP contribution in [0.15, 0.2) is 35.6 Å². The van der Waals surface area contributed by atoms with Crippen molar-refractivity contribution in [2.24, 2.45) is 41.4 Å². The van der Waals surface area contributed by atoms with Crippen molar-refractivity contribution in [2.45, 2.75) is 118 Å². The van der Waals surface area contributed by atoms with Crippen molar-refractivity contribution in [1.29, 1.82) is 0 Å². The summed E-state index contributed by atoms with van der Waals surface area (Å²) in [5.41, 5.74) is 2.97. The first-order valence-corrected chi connectivity index (χ1v) is 14.9. The number of hydrogen-bond acceptors (Lipinski definition) is 3. The maximum atomic E-state index is 9.61. The molecule has 4 rings (SSSR count). The van der Waals surface area contributed by atoms with Crippen LogP contribution in [0.3, 0.4) is 0 Å². The van der Waals surface area contributed by atoms with E-state index in [2.05, 4.69) is 71.3 Å². The topological polar surface area (TPSA) is 35.5 Å². The molecule has 9 unspecified atom stereocenters. The molecule has 0 bridgehead atoms. The van der Waals surface area contributed by atoms with E-state index in [0.29, 0.717) is 30.0 Å². The summed E-state index contributed by atoms with van der Waals surface area (Å²) in [6, 6.07) is 2.51. The van der Waals surface area contributed by atoms with Crippen molar-refractivity contribution in [1.82, 2.24) is 10.2 Å². The quantitative estimate of drug-likeness (QED) is 0.192. The van der Waals surface area contributed by atoms with Crippen LogP contribution in [-0.2, 0) is 0 Å². The van der Waals surface area contributed by atoms with Crippen molar-refractivity contribution in [2.75, 3.05) is 6.54 Å². The number of hydrogen-bond donors (Lipinski definition) is 2. The second-order valence-corrected chi connectivity index (χ2v) is 13.1. The Morgan fingerprint density at radius 3 is 2.63 bits per heavy atom. The molecule has 0 radical (unpaired) electrons. The summed E-state index contributed by atoms with van der Waals surface area (Å²) in [5.74, 6) is 5.56. The molecule has 2 saturated heterocycles. The highest BCUT2D eigenvalue weighted by molar-refractivity contribution is 5.36. The molecule has 11 atom stereocenters. The molecule has 2 heterocycles. The number of nitrogens with zero attached hydrogens (tertiary/aromatic N) is 1. The second-order valence-electron chi connectivity index (χ2n) is 13.1. The van der Waals surface area contributed by atoms with Crippen LogP contribution >= 0.6 is 0 Å². The van der Waals surface area contributed by atoms with Gasteiger partial charge in [0.1, 0.15) is 5.76 Å². The number of allylic oxidation sites excluding steroid dienone is 2. The molecule has 2 N–H and O–H groups in total. The highest BCUT2D eigenvalue weighted by Crippen LogP contribution is 2.56. The van der Waals surface area contributed by atoms with Crippen molar-refractivity contribution in [3.8, 4) is 0 Å². The van der Waals surface area contributed by atoms with Gasteiger partial charge in [-0.15, -0.1) is 0 Å². The smallest absolute Gasteiger partial charge is 0.108 e. The highest BCUT2D eigenvalue weighted by Gasteiger charge is 2.57. The summed E-state index contributed by atoms with van der Waals surface area (Å²) < 4.78 is 0. The molecule has 0 aromatic heterocycles. The van der Waals surface area contributed by atoms with Crippen molar-refractivity contribution < 1.29 is 5.11 Å². The highest BCUT2D eigenvalue weighted by atomic mass is 16.3. The zero-order chi connectivity index (χ0) is 25.4. The third kappa shape index (κ3) is 5.33. The fourth-order valence-electron chi connectivity index (χ4n) is 8.83. The Morgan fingerprint density at radius 1 is 1.23 bits per heavy atom. The van der Waals surface area contributed by atoms with E-state index < -0.39 is 0 Å². The van der Waals surface area contributed by atoms with E-state index in [1.54, 1.807) is 5.57 Å². The van der Waals surface area contributed by atoms with Crippen LogP contribution in [-0.4, -0.2) is 40.7 Å². The van der Waals surface area contributed by atoms with Gasteiger partial charge in [0.05, 0.1) is 0 Å². The molecule has 35 heavy (non-hydrogen) atoms. The largest absolute Gasteiger partial charge is 0.509 e. The predicted molar refractivity (Wildman–Crippen MR) is 149 cm³/mol. The summed E-state index contributed by atoms with van der Waals surface area (Å²) in [6.45, 7) is 21.7. The van der Waals surface area contributed by atoms with Gasteiger partial charge in [-0.1, -0.05) is 66.2 Å². The minimum Gasteiger partial charge on any atom is -0.509 e. The third-order valence-electron chi connectivity index (χ3n) is 10.5.